The summed E-state index contributed by atoms with van der Waals surface area (Å²) in [6.45, 7) is 4.57. The Morgan fingerprint density at radius 1 is 1.14 bits per heavy atom. The highest BCUT2D eigenvalue weighted by atomic mass is 19.1. The van der Waals surface area contributed by atoms with Gasteiger partial charge in [0, 0.05) is 38.8 Å². The van der Waals surface area contributed by atoms with E-state index in [9.17, 15) is 14.3 Å². The number of anilines is 1. The quantitative estimate of drug-likeness (QED) is 0.854. The van der Waals surface area contributed by atoms with Crippen LogP contribution in [0.3, 0.4) is 0 Å². The number of hydrogen-bond donors (Lipinski definition) is 1. The second-order valence-corrected chi connectivity index (χ2v) is 7.92. The molecule has 4 nitrogen and oxygen atoms in total. The smallest absolute Gasteiger partial charge is 0.223 e. The molecule has 2 aliphatic rings. The Balaban J connectivity index is 1.41. The standard InChI is InChI=1S/C24H27FN2O2/c1-17(28)27-12-2-3-20-15-21(6-9-23(20)27)24(29)16-26-13-10-19(11-14-26)18-4-7-22(25)8-5-18/h4-10,15,24,29H,2-3,11-14,16H2,1H3/t24-/m0/s1. The molecule has 1 amide bonds. The van der Waals surface area contributed by atoms with Crippen LogP contribution in [0.25, 0.3) is 5.57 Å². The molecule has 29 heavy (non-hydrogen) atoms. The first kappa shape index (κ1) is 19.8. The maximum Gasteiger partial charge on any atom is 0.223 e. The summed E-state index contributed by atoms with van der Waals surface area (Å²) < 4.78 is 13.1. The van der Waals surface area contributed by atoms with Crippen molar-refractivity contribution >= 4 is 17.2 Å². The molecule has 0 radical (unpaired) electrons. The van der Waals surface area contributed by atoms with Crippen LogP contribution in [0.2, 0.25) is 0 Å². The van der Waals surface area contributed by atoms with Crippen molar-refractivity contribution < 1.29 is 14.3 Å². The zero-order valence-corrected chi connectivity index (χ0v) is 16.8. The Morgan fingerprint density at radius 2 is 1.93 bits per heavy atom. The summed E-state index contributed by atoms with van der Waals surface area (Å²) in [5.41, 5.74) is 5.32. The SMILES string of the molecule is CC(=O)N1CCCc2cc([C@@H](O)CN3CC=C(c4ccc(F)cc4)CC3)ccc21. The average molecular weight is 394 g/mol. The first-order valence-electron chi connectivity index (χ1n) is 10.3. The summed E-state index contributed by atoms with van der Waals surface area (Å²) in [7, 11) is 0. The highest BCUT2D eigenvalue weighted by molar-refractivity contribution is 5.92. The van der Waals surface area contributed by atoms with Gasteiger partial charge in [-0.2, -0.15) is 0 Å². The fourth-order valence-electron chi connectivity index (χ4n) is 4.30. The molecule has 2 aromatic carbocycles. The maximum absolute atomic E-state index is 13.1. The third kappa shape index (κ3) is 4.41. The van der Waals surface area contributed by atoms with Gasteiger partial charge in [0.2, 0.25) is 5.91 Å². The van der Waals surface area contributed by atoms with E-state index in [2.05, 4.69) is 17.0 Å². The molecule has 5 heteroatoms. The lowest BCUT2D eigenvalue weighted by molar-refractivity contribution is -0.116. The Morgan fingerprint density at radius 3 is 2.62 bits per heavy atom. The predicted octanol–water partition coefficient (Wildman–Crippen LogP) is 3.95. The van der Waals surface area contributed by atoms with Crippen LogP contribution in [0.15, 0.2) is 48.5 Å². The van der Waals surface area contributed by atoms with Gasteiger partial charge in [-0.05, 0) is 59.7 Å². The number of amides is 1. The lowest BCUT2D eigenvalue weighted by Crippen LogP contribution is -2.34. The molecule has 0 aromatic heterocycles. The molecule has 0 unspecified atom stereocenters. The fraction of sp³-hybridized carbons (Fsp3) is 0.375. The van der Waals surface area contributed by atoms with Gasteiger partial charge in [0.05, 0.1) is 6.10 Å². The van der Waals surface area contributed by atoms with Crippen LogP contribution in [0.4, 0.5) is 10.1 Å². The van der Waals surface area contributed by atoms with Crippen LogP contribution in [0.1, 0.15) is 42.6 Å². The number of aryl methyl sites for hydroxylation is 1. The number of hydrogen-bond acceptors (Lipinski definition) is 3. The molecule has 0 spiro atoms. The number of nitrogens with zero attached hydrogens (tertiary/aromatic N) is 2. The highest BCUT2D eigenvalue weighted by Crippen LogP contribution is 2.31. The van der Waals surface area contributed by atoms with Gasteiger partial charge in [0.25, 0.3) is 0 Å². The molecule has 4 rings (SSSR count). The van der Waals surface area contributed by atoms with E-state index in [1.807, 2.05) is 29.2 Å². The molecule has 0 aliphatic carbocycles. The van der Waals surface area contributed by atoms with E-state index in [0.29, 0.717) is 6.54 Å². The maximum atomic E-state index is 13.1. The molecule has 0 saturated heterocycles. The first-order chi connectivity index (χ1) is 14.0. The average Bonchev–Trinajstić information content (AvgIpc) is 2.74. The van der Waals surface area contributed by atoms with E-state index in [4.69, 9.17) is 0 Å². The monoisotopic (exact) mass is 394 g/mol. The van der Waals surface area contributed by atoms with Crippen LogP contribution < -0.4 is 4.90 Å². The molecule has 1 N–H and O–H groups in total. The first-order valence-corrected chi connectivity index (χ1v) is 10.3. The number of aliphatic hydroxyl groups excluding tert-OH is 1. The summed E-state index contributed by atoms with van der Waals surface area (Å²) in [5, 5.41) is 10.8. The number of aliphatic hydroxyl groups is 1. The molecule has 2 aromatic rings. The largest absolute Gasteiger partial charge is 0.387 e. The van der Waals surface area contributed by atoms with Crippen LogP contribution in [0.5, 0.6) is 0 Å². The number of halogens is 1. The Bertz CT molecular complexity index is 923. The van der Waals surface area contributed by atoms with Gasteiger partial charge in [-0.15, -0.1) is 0 Å². The van der Waals surface area contributed by atoms with Gasteiger partial charge in [-0.3, -0.25) is 9.69 Å². The number of fused-ring (bicyclic) bond motifs is 1. The van der Waals surface area contributed by atoms with Gasteiger partial charge in [-0.1, -0.05) is 30.3 Å². The molecule has 1 atom stereocenters. The minimum atomic E-state index is -0.561. The van der Waals surface area contributed by atoms with Crippen molar-refractivity contribution in [3.63, 3.8) is 0 Å². The normalized spacial score (nSPS) is 18.2. The van der Waals surface area contributed by atoms with Gasteiger partial charge in [0.15, 0.2) is 0 Å². The molecule has 0 saturated carbocycles. The Hall–Kier alpha value is -2.50. The van der Waals surface area contributed by atoms with E-state index in [1.165, 1.54) is 17.7 Å². The number of carbonyl (C=O) groups is 1. The Labute approximate surface area is 171 Å². The van der Waals surface area contributed by atoms with Crippen LogP contribution >= 0.6 is 0 Å². The number of carbonyl (C=O) groups excluding carboxylic acids is 1. The van der Waals surface area contributed by atoms with Crippen molar-refractivity contribution in [1.29, 1.82) is 0 Å². The second kappa shape index (κ2) is 8.47. The lowest BCUT2D eigenvalue weighted by Gasteiger charge is -2.31. The number of benzene rings is 2. The molecule has 0 fully saturated rings. The Kier molecular flexibility index (Phi) is 5.79. The van der Waals surface area contributed by atoms with Crippen molar-refractivity contribution in [1.82, 2.24) is 4.90 Å². The predicted molar refractivity (Wildman–Crippen MR) is 113 cm³/mol. The third-order valence-electron chi connectivity index (χ3n) is 5.93. The van der Waals surface area contributed by atoms with Crippen molar-refractivity contribution in [2.75, 3.05) is 31.1 Å². The molecule has 2 heterocycles. The van der Waals surface area contributed by atoms with Crippen LogP contribution in [0, 0.1) is 5.82 Å². The summed E-state index contributed by atoms with van der Waals surface area (Å²) in [4.78, 5) is 15.9. The fourth-order valence-corrected chi connectivity index (χ4v) is 4.30. The second-order valence-electron chi connectivity index (χ2n) is 7.92. The van der Waals surface area contributed by atoms with E-state index < -0.39 is 6.10 Å². The molecule has 152 valence electrons. The van der Waals surface area contributed by atoms with Crippen LogP contribution in [-0.2, 0) is 11.2 Å². The summed E-state index contributed by atoms with van der Waals surface area (Å²) in [6, 6.07) is 12.6. The van der Waals surface area contributed by atoms with E-state index >= 15 is 0 Å². The summed E-state index contributed by atoms with van der Waals surface area (Å²) in [6.07, 6.45) is 4.38. The summed E-state index contributed by atoms with van der Waals surface area (Å²) >= 11 is 0. The van der Waals surface area contributed by atoms with Gasteiger partial charge in [-0.25, -0.2) is 4.39 Å². The molecule has 0 bridgehead atoms. The van der Waals surface area contributed by atoms with Crippen molar-refractivity contribution in [2.45, 2.75) is 32.3 Å². The zero-order valence-electron chi connectivity index (χ0n) is 16.8. The minimum Gasteiger partial charge on any atom is -0.387 e. The van der Waals surface area contributed by atoms with Crippen molar-refractivity contribution in [3.8, 4) is 0 Å². The van der Waals surface area contributed by atoms with Gasteiger partial charge in [0.1, 0.15) is 5.82 Å². The van der Waals surface area contributed by atoms with E-state index in [0.717, 1.165) is 61.3 Å². The van der Waals surface area contributed by atoms with Crippen molar-refractivity contribution in [3.05, 3.63) is 71.0 Å². The zero-order chi connectivity index (χ0) is 20.4. The summed E-state index contributed by atoms with van der Waals surface area (Å²) in [5.74, 6) is -0.150. The van der Waals surface area contributed by atoms with E-state index in [1.54, 1.807) is 6.92 Å². The molecular formula is C24H27FN2O2. The van der Waals surface area contributed by atoms with E-state index in [-0.39, 0.29) is 11.7 Å². The number of β-amino-alcohol motifs (C(OH)–C–C–N with tert-alkyl or cyclic N) is 1. The lowest BCUT2D eigenvalue weighted by atomic mass is 9.96. The van der Waals surface area contributed by atoms with Gasteiger partial charge < -0.3 is 10.0 Å². The number of rotatable bonds is 4. The highest BCUT2D eigenvalue weighted by Gasteiger charge is 2.22. The third-order valence-corrected chi connectivity index (χ3v) is 5.93. The van der Waals surface area contributed by atoms with Crippen LogP contribution in [-0.4, -0.2) is 42.1 Å². The molecule has 2 aliphatic heterocycles. The van der Waals surface area contributed by atoms with Crippen molar-refractivity contribution in [2.24, 2.45) is 0 Å². The molecular weight excluding hydrogens is 367 g/mol. The minimum absolute atomic E-state index is 0.0660. The topological polar surface area (TPSA) is 43.8 Å². The van der Waals surface area contributed by atoms with Gasteiger partial charge >= 0.3 is 0 Å².